The molecule has 8 aromatic rings. The molecule has 0 saturated heterocycles. The normalized spacial score (nSPS) is 13.2. The number of nitrogens with zero attached hydrogens (tertiary/aromatic N) is 1. The summed E-state index contributed by atoms with van der Waals surface area (Å²) in [6.45, 7) is 4.72. The van der Waals surface area contributed by atoms with Crippen molar-refractivity contribution in [3.8, 4) is 50.2 Å². The molecule has 0 N–H and O–H groups in total. The topological polar surface area (TPSA) is 4.93 Å². The summed E-state index contributed by atoms with van der Waals surface area (Å²) in [5.74, 6) is 0. The van der Waals surface area contributed by atoms with E-state index >= 15 is 0 Å². The summed E-state index contributed by atoms with van der Waals surface area (Å²) in [6.07, 6.45) is 0. The maximum atomic E-state index is 2.46. The minimum absolute atomic E-state index is 0.0605. The minimum Gasteiger partial charge on any atom is -0.309 e. The fourth-order valence-corrected chi connectivity index (χ4v) is 7.64. The smallest absolute Gasteiger partial charge is 0.0544 e. The molecule has 1 aliphatic carbocycles. The van der Waals surface area contributed by atoms with Crippen LogP contribution in [0.2, 0.25) is 0 Å². The van der Waals surface area contributed by atoms with E-state index in [1.807, 2.05) is 0 Å². The molecule has 46 heavy (non-hydrogen) atoms. The fraction of sp³-hybridized carbons (Fsp3) is 0.0667. The Morgan fingerprint density at radius 3 is 1.57 bits per heavy atom. The molecule has 0 spiro atoms. The molecule has 1 heterocycles. The fourth-order valence-electron chi connectivity index (χ4n) is 7.64. The van der Waals surface area contributed by atoms with Crippen LogP contribution in [0.15, 0.2) is 164 Å². The average molecular weight is 588 g/mol. The Morgan fingerprint density at radius 1 is 0.370 bits per heavy atom. The van der Waals surface area contributed by atoms with Crippen LogP contribution in [-0.2, 0) is 5.41 Å². The molecule has 1 nitrogen and oxygen atoms in total. The van der Waals surface area contributed by atoms with E-state index in [0.29, 0.717) is 0 Å². The van der Waals surface area contributed by atoms with Gasteiger partial charge in [-0.1, -0.05) is 123 Å². The minimum atomic E-state index is -0.0605. The molecular formula is C45H33N. The third-order valence-electron chi connectivity index (χ3n) is 9.96. The van der Waals surface area contributed by atoms with Gasteiger partial charge in [-0.05, 0) is 110 Å². The van der Waals surface area contributed by atoms with Crippen molar-refractivity contribution in [3.05, 3.63) is 175 Å². The highest BCUT2D eigenvalue weighted by Gasteiger charge is 2.36. The van der Waals surface area contributed by atoms with Gasteiger partial charge in [0.2, 0.25) is 0 Å². The van der Waals surface area contributed by atoms with Gasteiger partial charge in [-0.15, -0.1) is 0 Å². The van der Waals surface area contributed by atoms with E-state index in [-0.39, 0.29) is 5.41 Å². The molecule has 0 radical (unpaired) electrons. The Kier molecular flexibility index (Phi) is 5.92. The van der Waals surface area contributed by atoms with Crippen LogP contribution in [0.25, 0.3) is 72.0 Å². The predicted molar refractivity (Wildman–Crippen MR) is 195 cm³/mol. The van der Waals surface area contributed by atoms with Crippen molar-refractivity contribution in [1.82, 2.24) is 4.57 Å². The second-order valence-electron chi connectivity index (χ2n) is 13.0. The van der Waals surface area contributed by atoms with Gasteiger partial charge in [-0.2, -0.15) is 0 Å². The number of hydrogen-bond donors (Lipinski definition) is 0. The monoisotopic (exact) mass is 587 g/mol. The second-order valence-corrected chi connectivity index (χ2v) is 13.0. The summed E-state index contributed by atoms with van der Waals surface area (Å²) in [4.78, 5) is 0. The predicted octanol–water partition coefficient (Wildman–Crippen LogP) is 12.1. The van der Waals surface area contributed by atoms with Crippen LogP contribution in [0.3, 0.4) is 0 Å². The summed E-state index contributed by atoms with van der Waals surface area (Å²) in [5.41, 5.74) is 16.4. The summed E-state index contributed by atoms with van der Waals surface area (Å²) in [6, 6.07) is 60.1. The van der Waals surface area contributed by atoms with Gasteiger partial charge in [0.25, 0.3) is 0 Å². The van der Waals surface area contributed by atoms with Gasteiger partial charge in [0.15, 0.2) is 0 Å². The Hall–Kier alpha value is -5.66. The third kappa shape index (κ3) is 4.09. The molecule has 0 aliphatic heterocycles. The van der Waals surface area contributed by atoms with Crippen molar-refractivity contribution in [3.63, 3.8) is 0 Å². The molecule has 0 amide bonds. The maximum Gasteiger partial charge on any atom is 0.0544 e. The van der Waals surface area contributed by atoms with Crippen LogP contribution >= 0.6 is 0 Å². The van der Waals surface area contributed by atoms with Crippen molar-refractivity contribution in [2.45, 2.75) is 19.3 Å². The standard InChI is InChI=1S/C45H33N/c1-45(2)41-21-13-12-20-37(41)38-28-40-39-27-32(22-23-43(39)46(44(40)29-42(38)45)36-18-10-5-11-19-36)35-25-33(30-14-6-3-7-15-30)24-34(26-35)31-16-8-4-9-17-31/h3-29H,1-2H3. The van der Waals surface area contributed by atoms with Gasteiger partial charge in [0, 0.05) is 21.9 Å². The number of para-hydroxylation sites is 1. The number of aromatic nitrogens is 1. The number of fused-ring (bicyclic) bond motifs is 6. The Balaban J connectivity index is 1.32. The van der Waals surface area contributed by atoms with Crippen LogP contribution in [-0.4, -0.2) is 4.57 Å². The molecule has 0 unspecified atom stereocenters. The summed E-state index contributed by atoms with van der Waals surface area (Å²) < 4.78 is 2.45. The highest BCUT2D eigenvalue weighted by atomic mass is 15.0. The summed E-state index contributed by atoms with van der Waals surface area (Å²) >= 11 is 0. The van der Waals surface area contributed by atoms with Gasteiger partial charge in [-0.25, -0.2) is 0 Å². The quantitative estimate of drug-likeness (QED) is 0.193. The summed E-state index contributed by atoms with van der Waals surface area (Å²) in [7, 11) is 0. The highest BCUT2D eigenvalue weighted by molar-refractivity contribution is 6.12. The molecule has 218 valence electrons. The van der Waals surface area contributed by atoms with E-state index in [1.165, 1.54) is 83.1 Å². The van der Waals surface area contributed by atoms with Crippen LogP contribution in [0.1, 0.15) is 25.0 Å². The molecule has 0 fully saturated rings. The van der Waals surface area contributed by atoms with Crippen molar-refractivity contribution in [2.24, 2.45) is 0 Å². The first kappa shape index (κ1) is 26.7. The molecule has 9 rings (SSSR count). The van der Waals surface area contributed by atoms with E-state index in [4.69, 9.17) is 0 Å². The lowest BCUT2D eigenvalue weighted by atomic mass is 9.82. The Labute approximate surface area is 270 Å². The SMILES string of the molecule is CC1(C)c2ccccc2-c2cc3c4cc(-c5cc(-c6ccccc6)cc(-c6ccccc6)c5)ccc4n(-c4ccccc4)c3cc21. The lowest BCUT2D eigenvalue weighted by Crippen LogP contribution is -2.14. The molecule has 1 aliphatic rings. The van der Waals surface area contributed by atoms with E-state index in [2.05, 4.69) is 182 Å². The average Bonchev–Trinajstić information content (AvgIpc) is 3.56. The Bertz CT molecular complexity index is 2350. The van der Waals surface area contributed by atoms with Crippen molar-refractivity contribution in [2.75, 3.05) is 0 Å². The molecule has 0 bridgehead atoms. The first-order chi connectivity index (χ1) is 22.6. The van der Waals surface area contributed by atoms with Gasteiger partial charge >= 0.3 is 0 Å². The second kappa shape index (κ2) is 10.2. The van der Waals surface area contributed by atoms with Crippen molar-refractivity contribution < 1.29 is 0 Å². The highest BCUT2D eigenvalue weighted by Crippen LogP contribution is 2.51. The van der Waals surface area contributed by atoms with E-state index in [1.54, 1.807) is 0 Å². The lowest BCUT2D eigenvalue weighted by Gasteiger charge is -2.21. The van der Waals surface area contributed by atoms with E-state index in [0.717, 1.165) is 0 Å². The van der Waals surface area contributed by atoms with Crippen LogP contribution in [0, 0.1) is 0 Å². The van der Waals surface area contributed by atoms with Gasteiger partial charge in [-0.3, -0.25) is 0 Å². The van der Waals surface area contributed by atoms with Crippen molar-refractivity contribution in [1.29, 1.82) is 0 Å². The third-order valence-corrected chi connectivity index (χ3v) is 9.96. The molecule has 1 aromatic heterocycles. The first-order valence-electron chi connectivity index (χ1n) is 16.1. The van der Waals surface area contributed by atoms with E-state index in [9.17, 15) is 0 Å². The zero-order valence-corrected chi connectivity index (χ0v) is 26.0. The van der Waals surface area contributed by atoms with E-state index < -0.39 is 0 Å². The van der Waals surface area contributed by atoms with Crippen LogP contribution < -0.4 is 0 Å². The Morgan fingerprint density at radius 2 is 0.913 bits per heavy atom. The first-order valence-corrected chi connectivity index (χ1v) is 16.1. The van der Waals surface area contributed by atoms with Gasteiger partial charge in [0.1, 0.15) is 0 Å². The molecule has 1 heteroatoms. The van der Waals surface area contributed by atoms with Crippen LogP contribution in [0.4, 0.5) is 0 Å². The largest absolute Gasteiger partial charge is 0.309 e. The number of benzene rings is 7. The van der Waals surface area contributed by atoms with Gasteiger partial charge in [0.05, 0.1) is 11.0 Å². The number of hydrogen-bond acceptors (Lipinski definition) is 0. The van der Waals surface area contributed by atoms with Gasteiger partial charge < -0.3 is 4.57 Å². The molecule has 0 saturated carbocycles. The summed E-state index contributed by atoms with van der Waals surface area (Å²) in [5, 5.41) is 2.56. The molecule has 0 atom stereocenters. The van der Waals surface area contributed by atoms with Crippen LogP contribution in [0.5, 0.6) is 0 Å². The zero-order chi connectivity index (χ0) is 30.8. The van der Waals surface area contributed by atoms with Crippen molar-refractivity contribution >= 4 is 21.8 Å². The zero-order valence-electron chi connectivity index (χ0n) is 26.0. The molecular weight excluding hydrogens is 555 g/mol. The molecule has 7 aromatic carbocycles. The number of rotatable bonds is 4. The lowest BCUT2D eigenvalue weighted by molar-refractivity contribution is 0.661. The maximum absolute atomic E-state index is 2.46.